The van der Waals surface area contributed by atoms with E-state index in [1.807, 2.05) is 12.3 Å². The number of rotatable bonds is 7. The van der Waals surface area contributed by atoms with E-state index in [2.05, 4.69) is 38.5 Å². The van der Waals surface area contributed by atoms with Crippen LogP contribution in [0.1, 0.15) is 24.6 Å². The fourth-order valence-electron chi connectivity index (χ4n) is 1.89. The van der Waals surface area contributed by atoms with Gasteiger partial charge in [-0.3, -0.25) is 10.1 Å². The first-order valence-electron chi connectivity index (χ1n) is 6.63. The molecule has 0 radical (unpaired) electrons. The Bertz CT molecular complexity index is 629. The number of aromatic nitrogens is 3. The molecule has 0 fully saturated rings. The van der Waals surface area contributed by atoms with Gasteiger partial charge in [0.2, 0.25) is 0 Å². The van der Waals surface area contributed by atoms with Crippen molar-refractivity contribution in [1.82, 2.24) is 20.3 Å². The van der Waals surface area contributed by atoms with Gasteiger partial charge in [0.15, 0.2) is 0 Å². The van der Waals surface area contributed by atoms with E-state index in [0.717, 1.165) is 24.2 Å². The Kier molecular flexibility index (Phi) is 5.40. The van der Waals surface area contributed by atoms with Crippen LogP contribution >= 0.6 is 15.9 Å². The second-order valence-corrected chi connectivity index (χ2v) is 5.38. The zero-order chi connectivity index (χ0) is 15.2. The third kappa shape index (κ3) is 4.08. The third-order valence-corrected chi connectivity index (χ3v) is 3.82. The van der Waals surface area contributed by atoms with Crippen LogP contribution in [-0.2, 0) is 13.1 Å². The molecule has 21 heavy (non-hydrogen) atoms. The summed E-state index contributed by atoms with van der Waals surface area (Å²) in [7, 11) is 0. The van der Waals surface area contributed by atoms with Crippen LogP contribution < -0.4 is 5.32 Å². The Morgan fingerprint density at radius 1 is 1.48 bits per heavy atom. The maximum Gasteiger partial charge on any atom is 0.283 e. The Morgan fingerprint density at radius 2 is 2.29 bits per heavy atom. The molecule has 0 aliphatic carbocycles. The lowest BCUT2D eigenvalue weighted by Gasteiger charge is -2.04. The molecule has 8 heteroatoms. The van der Waals surface area contributed by atoms with Gasteiger partial charge in [0.05, 0.1) is 23.4 Å². The van der Waals surface area contributed by atoms with Crippen LogP contribution in [0.25, 0.3) is 0 Å². The SMILES string of the molecule is CCCNCc1cn(Cc2cccc([N+](=O)[O-])c2Br)nn1. The van der Waals surface area contributed by atoms with Crippen molar-refractivity contribution in [3.8, 4) is 0 Å². The summed E-state index contributed by atoms with van der Waals surface area (Å²) in [5.41, 5.74) is 1.70. The van der Waals surface area contributed by atoms with Gasteiger partial charge >= 0.3 is 0 Å². The fraction of sp³-hybridized carbons (Fsp3) is 0.385. The lowest BCUT2D eigenvalue weighted by atomic mass is 10.2. The number of nitrogens with one attached hydrogen (secondary N) is 1. The quantitative estimate of drug-likeness (QED) is 0.469. The minimum atomic E-state index is -0.408. The third-order valence-electron chi connectivity index (χ3n) is 2.91. The van der Waals surface area contributed by atoms with Crippen LogP contribution in [0.2, 0.25) is 0 Å². The number of nitro benzene ring substituents is 1. The highest BCUT2D eigenvalue weighted by Gasteiger charge is 2.15. The molecule has 1 aromatic carbocycles. The van der Waals surface area contributed by atoms with E-state index < -0.39 is 4.92 Å². The Hall–Kier alpha value is -1.80. The summed E-state index contributed by atoms with van der Waals surface area (Å²) < 4.78 is 2.16. The van der Waals surface area contributed by atoms with Crippen molar-refractivity contribution in [2.24, 2.45) is 0 Å². The van der Waals surface area contributed by atoms with Gasteiger partial charge in [-0.1, -0.05) is 24.3 Å². The van der Waals surface area contributed by atoms with Crippen molar-refractivity contribution in [1.29, 1.82) is 0 Å². The lowest BCUT2D eigenvalue weighted by Crippen LogP contribution is -2.13. The van der Waals surface area contributed by atoms with Gasteiger partial charge in [-0.05, 0) is 34.5 Å². The molecular weight excluding hydrogens is 338 g/mol. The summed E-state index contributed by atoms with van der Waals surface area (Å²) in [6.45, 7) is 4.14. The number of hydrogen-bond acceptors (Lipinski definition) is 5. The van der Waals surface area contributed by atoms with Crippen LogP contribution in [0.5, 0.6) is 0 Å². The van der Waals surface area contributed by atoms with Gasteiger partial charge in [0.25, 0.3) is 5.69 Å². The summed E-state index contributed by atoms with van der Waals surface area (Å²) >= 11 is 3.28. The highest BCUT2D eigenvalue weighted by atomic mass is 79.9. The first-order chi connectivity index (χ1) is 10.1. The summed E-state index contributed by atoms with van der Waals surface area (Å²) in [6.07, 6.45) is 2.91. The molecule has 0 aliphatic heterocycles. The molecule has 112 valence electrons. The minimum Gasteiger partial charge on any atom is -0.311 e. The van der Waals surface area contributed by atoms with Gasteiger partial charge in [-0.15, -0.1) is 5.10 Å². The summed E-state index contributed by atoms with van der Waals surface area (Å²) in [5.74, 6) is 0. The molecule has 2 rings (SSSR count). The second-order valence-electron chi connectivity index (χ2n) is 4.59. The minimum absolute atomic E-state index is 0.0532. The monoisotopic (exact) mass is 353 g/mol. The number of halogens is 1. The highest BCUT2D eigenvalue weighted by molar-refractivity contribution is 9.10. The predicted octanol–water partition coefficient (Wildman–Crippen LogP) is 2.50. The summed E-state index contributed by atoms with van der Waals surface area (Å²) in [5, 5.41) is 22.3. The molecule has 0 unspecified atom stereocenters. The number of nitrogens with zero attached hydrogens (tertiary/aromatic N) is 4. The predicted molar refractivity (Wildman–Crippen MR) is 81.9 cm³/mol. The Balaban J connectivity index is 2.08. The zero-order valence-electron chi connectivity index (χ0n) is 11.6. The van der Waals surface area contributed by atoms with Crippen LogP contribution in [0.4, 0.5) is 5.69 Å². The topological polar surface area (TPSA) is 85.9 Å². The van der Waals surface area contributed by atoms with Gasteiger partial charge in [-0.2, -0.15) is 0 Å². The van der Waals surface area contributed by atoms with E-state index >= 15 is 0 Å². The maximum atomic E-state index is 10.9. The molecule has 1 heterocycles. The van der Waals surface area contributed by atoms with Crippen LogP contribution in [-0.4, -0.2) is 26.5 Å². The summed E-state index contributed by atoms with van der Waals surface area (Å²) in [6, 6.07) is 4.96. The molecular formula is C13H16BrN5O2. The molecule has 0 bridgehead atoms. The molecule has 0 saturated heterocycles. The molecule has 0 saturated carbocycles. The van der Waals surface area contributed by atoms with Crippen LogP contribution in [0.15, 0.2) is 28.9 Å². The van der Waals surface area contributed by atoms with E-state index in [1.165, 1.54) is 6.07 Å². The fourth-order valence-corrected chi connectivity index (χ4v) is 2.43. The molecule has 2 aromatic rings. The van der Waals surface area contributed by atoms with Crippen molar-refractivity contribution in [3.63, 3.8) is 0 Å². The molecule has 1 aromatic heterocycles. The van der Waals surface area contributed by atoms with Gasteiger partial charge in [0, 0.05) is 12.6 Å². The van der Waals surface area contributed by atoms with Crippen LogP contribution in [0.3, 0.4) is 0 Å². The second kappa shape index (κ2) is 7.28. The van der Waals surface area contributed by atoms with E-state index in [4.69, 9.17) is 0 Å². The smallest absolute Gasteiger partial charge is 0.283 e. The standard InChI is InChI=1S/C13H16BrN5O2/c1-2-6-15-7-11-9-18(17-16-11)8-10-4-3-5-12(13(10)14)19(20)21/h3-5,9,15H,2,6-8H2,1H3. The van der Waals surface area contributed by atoms with E-state index in [-0.39, 0.29) is 5.69 Å². The van der Waals surface area contributed by atoms with E-state index in [0.29, 0.717) is 17.6 Å². The van der Waals surface area contributed by atoms with Gasteiger partial charge in [0.1, 0.15) is 4.47 Å². The van der Waals surface area contributed by atoms with Gasteiger partial charge < -0.3 is 5.32 Å². The van der Waals surface area contributed by atoms with E-state index in [9.17, 15) is 10.1 Å². The zero-order valence-corrected chi connectivity index (χ0v) is 13.2. The number of benzene rings is 1. The molecule has 1 N–H and O–H groups in total. The molecule has 7 nitrogen and oxygen atoms in total. The first-order valence-corrected chi connectivity index (χ1v) is 7.42. The van der Waals surface area contributed by atoms with Crippen molar-refractivity contribution in [2.75, 3.05) is 6.54 Å². The molecule has 0 amide bonds. The van der Waals surface area contributed by atoms with Crippen LogP contribution in [0, 0.1) is 10.1 Å². The largest absolute Gasteiger partial charge is 0.311 e. The lowest BCUT2D eigenvalue weighted by molar-refractivity contribution is -0.385. The molecule has 0 aliphatic rings. The average Bonchev–Trinajstić information content (AvgIpc) is 2.89. The first kappa shape index (κ1) is 15.6. The van der Waals surface area contributed by atoms with Crippen molar-refractivity contribution < 1.29 is 4.92 Å². The van der Waals surface area contributed by atoms with Gasteiger partial charge in [-0.25, -0.2) is 4.68 Å². The molecule has 0 atom stereocenters. The van der Waals surface area contributed by atoms with E-state index in [1.54, 1.807) is 10.7 Å². The normalized spacial score (nSPS) is 10.8. The number of nitro groups is 1. The maximum absolute atomic E-state index is 10.9. The Morgan fingerprint density at radius 3 is 3.00 bits per heavy atom. The van der Waals surface area contributed by atoms with Crippen molar-refractivity contribution in [2.45, 2.75) is 26.4 Å². The summed E-state index contributed by atoms with van der Waals surface area (Å²) in [4.78, 5) is 10.5. The Labute approximate surface area is 130 Å². The van der Waals surface area contributed by atoms with Crippen molar-refractivity contribution in [3.05, 3.63) is 50.2 Å². The highest BCUT2D eigenvalue weighted by Crippen LogP contribution is 2.28. The number of hydrogen-bond donors (Lipinski definition) is 1. The molecule has 0 spiro atoms. The average molecular weight is 354 g/mol. The van der Waals surface area contributed by atoms with Crippen molar-refractivity contribution >= 4 is 21.6 Å².